The van der Waals surface area contributed by atoms with Crippen molar-refractivity contribution in [1.82, 2.24) is 4.98 Å². The summed E-state index contributed by atoms with van der Waals surface area (Å²) >= 11 is 14.9. The second-order valence-electron chi connectivity index (χ2n) is 3.18. The number of aliphatic carboxylic acids is 1. The lowest BCUT2D eigenvalue weighted by Crippen LogP contribution is -1.95. The number of hydrogen-bond donors (Lipinski definition) is 1. The highest BCUT2D eigenvalue weighted by molar-refractivity contribution is 8.01. The second-order valence-corrected chi connectivity index (χ2v) is 6.33. The number of hydrogen-bond acceptors (Lipinski definition) is 4. The van der Waals surface area contributed by atoms with Crippen LogP contribution in [0.1, 0.15) is 6.42 Å². The predicted octanol–water partition coefficient (Wildman–Crippen LogP) is 4.17. The first-order valence-corrected chi connectivity index (χ1v) is 7.23. The number of nitrogens with zero attached hydrogens (tertiary/aromatic N) is 1. The van der Waals surface area contributed by atoms with Gasteiger partial charge < -0.3 is 5.11 Å². The van der Waals surface area contributed by atoms with Gasteiger partial charge in [-0.3, -0.25) is 4.79 Å². The number of thiazole rings is 1. The lowest BCUT2D eigenvalue weighted by molar-refractivity contribution is -0.136. The average Bonchev–Trinajstić information content (AvgIpc) is 2.68. The van der Waals surface area contributed by atoms with Crippen LogP contribution in [0.3, 0.4) is 0 Å². The fraction of sp³-hybridized carbons (Fsp3) is 0.200. The maximum Gasteiger partial charge on any atom is 0.304 e. The molecule has 0 radical (unpaired) electrons. The summed E-state index contributed by atoms with van der Waals surface area (Å²) in [5.41, 5.74) is 0.682. The molecule has 1 aromatic heterocycles. The van der Waals surface area contributed by atoms with E-state index in [0.717, 1.165) is 9.04 Å². The van der Waals surface area contributed by atoms with E-state index in [1.165, 1.54) is 23.1 Å². The molecule has 2 aromatic rings. The topological polar surface area (TPSA) is 50.2 Å². The standard InChI is InChI=1S/C10H7Cl2NO2S2/c11-5-1-2-6(12)9-8(5)13-10(17-9)16-4-3-7(14)15/h1-2H,3-4H2,(H,14,15). The van der Waals surface area contributed by atoms with Crippen molar-refractivity contribution in [2.24, 2.45) is 0 Å². The van der Waals surface area contributed by atoms with Gasteiger partial charge in [0.05, 0.1) is 21.2 Å². The molecule has 0 amide bonds. The van der Waals surface area contributed by atoms with Crippen LogP contribution >= 0.6 is 46.3 Å². The Morgan fingerprint density at radius 3 is 2.76 bits per heavy atom. The van der Waals surface area contributed by atoms with Crippen LogP contribution < -0.4 is 0 Å². The molecule has 3 nitrogen and oxygen atoms in total. The fourth-order valence-electron chi connectivity index (χ4n) is 1.21. The summed E-state index contributed by atoms with van der Waals surface area (Å²) in [5, 5.41) is 9.73. The number of fused-ring (bicyclic) bond motifs is 1. The molecule has 0 atom stereocenters. The van der Waals surface area contributed by atoms with E-state index in [9.17, 15) is 4.79 Å². The van der Waals surface area contributed by atoms with E-state index in [1.807, 2.05) is 0 Å². The summed E-state index contributed by atoms with van der Waals surface area (Å²) in [7, 11) is 0. The van der Waals surface area contributed by atoms with E-state index in [2.05, 4.69) is 4.98 Å². The lowest BCUT2D eigenvalue weighted by atomic mass is 10.3. The van der Waals surface area contributed by atoms with Gasteiger partial charge >= 0.3 is 5.97 Å². The van der Waals surface area contributed by atoms with Gasteiger partial charge in [0.2, 0.25) is 0 Å². The van der Waals surface area contributed by atoms with Crippen LogP contribution in [0.25, 0.3) is 10.2 Å². The molecule has 0 aliphatic rings. The Bertz CT molecular complexity index is 532. The van der Waals surface area contributed by atoms with E-state index < -0.39 is 5.97 Å². The maximum atomic E-state index is 10.4. The first-order chi connectivity index (χ1) is 8.08. The van der Waals surface area contributed by atoms with Gasteiger partial charge in [0.25, 0.3) is 0 Å². The molecule has 2 rings (SSSR count). The molecule has 0 fully saturated rings. The second kappa shape index (κ2) is 5.44. The quantitative estimate of drug-likeness (QED) is 0.861. The molecule has 1 N–H and O–H groups in total. The molecule has 1 heterocycles. The zero-order valence-electron chi connectivity index (χ0n) is 8.44. The summed E-state index contributed by atoms with van der Waals surface area (Å²) in [6.07, 6.45) is 0.113. The van der Waals surface area contributed by atoms with E-state index in [0.29, 0.717) is 21.3 Å². The van der Waals surface area contributed by atoms with Gasteiger partial charge in [-0.15, -0.1) is 11.3 Å². The van der Waals surface area contributed by atoms with Crippen molar-refractivity contribution in [2.45, 2.75) is 10.8 Å². The largest absolute Gasteiger partial charge is 0.481 e. The number of carbonyl (C=O) groups is 1. The van der Waals surface area contributed by atoms with E-state index >= 15 is 0 Å². The molecule has 0 unspecified atom stereocenters. The zero-order valence-corrected chi connectivity index (χ0v) is 11.6. The zero-order chi connectivity index (χ0) is 12.4. The normalized spacial score (nSPS) is 10.9. The van der Waals surface area contributed by atoms with Crippen molar-refractivity contribution < 1.29 is 9.90 Å². The first kappa shape index (κ1) is 13.0. The molecule has 17 heavy (non-hydrogen) atoms. The van der Waals surface area contributed by atoms with Crippen LogP contribution in [0.5, 0.6) is 0 Å². The van der Waals surface area contributed by atoms with Crippen molar-refractivity contribution in [3.63, 3.8) is 0 Å². The van der Waals surface area contributed by atoms with Crippen LogP contribution in [0.15, 0.2) is 16.5 Å². The maximum absolute atomic E-state index is 10.4. The van der Waals surface area contributed by atoms with Crippen molar-refractivity contribution in [2.75, 3.05) is 5.75 Å². The molecule has 0 saturated carbocycles. The Morgan fingerprint density at radius 2 is 2.12 bits per heavy atom. The van der Waals surface area contributed by atoms with Gasteiger partial charge in [-0.05, 0) is 12.1 Å². The molecule has 0 aliphatic carbocycles. The first-order valence-electron chi connectivity index (χ1n) is 4.67. The minimum atomic E-state index is -0.810. The van der Waals surface area contributed by atoms with Gasteiger partial charge in [0.15, 0.2) is 4.34 Å². The average molecular weight is 308 g/mol. The van der Waals surface area contributed by atoms with Gasteiger partial charge in [-0.1, -0.05) is 35.0 Å². The number of thioether (sulfide) groups is 1. The molecule has 90 valence electrons. The summed E-state index contributed by atoms with van der Waals surface area (Å²) in [5.74, 6) is -0.320. The van der Waals surface area contributed by atoms with Crippen LogP contribution in [0.4, 0.5) is 0 Å². The molecular formula is C10H7Cl2NO2S2. The van der Waals surface area contributed by atoms with E-state index in [1.54, 1.807) is 12.1 Å². The highest BCUT2D eigenvalue weighted by Gasteiger charge is 2.11. The van der Waals surface area contributed by atoms with Crippen molar-refractivity contribution >= 4 is 62.5 Å². The smallest absolute Gasteiger partial charge is 0.304 e. The van der Waals surface area contributed by atoms with Crippen molar-refractivity contribution in [1.29, 1.82) is 0 Å². The molecular weight excluding hydrogens is 301 g/mol. The number of benzene rings is 1. The molecule has 0 saturated heterocycles. The summed E-state index contributed by atoms with van der Waals surface area (Å²) < 4.78 is 1.63. The van der Waals surface area contributed by atoms with Crippen LogP contribution in [0.2, 0.25) is 10.0 Å². The molecule has 0 spiro atoms. The van der Waals surface area contributed by atoms with Crippen LogP contribution in [-0.4, -0.2) is 21.8 Å². The van der Waals surface area contributed by atoms with Gasteiger partial charge in [0.1, 0.15) is 5.52 Å². The molecule has 0 aliphatic heterocycles. The van der Waals surface area contributed by atoms with Crippen molar-refractivity contribution in [3.8, 4) is 0 Å². The highest BCUT2D eigenvalue weighted by atomic mass is 35.5. The Labute approximate surface area is 116 Å². The van der Waals surface area contributed by atoms with Gasteiger partial charge in [0, 0.05) is 5.75 Å². The van der Waals surface area contributed by atoms with Gasteiger partial charge in [-0.25, -0.2) is 4.98 Å². The summed E-state index contributed by atoms with van der Waals surface area (Å²) in [6.45, 7) is 0. The SMILES string of the molecule is O=C(O)CCSc1nc2c(Cl)ccc(Cl)c2s1. The number of carboxylic acids is 1. The van der Waals surface area contributed by atoms with Crippen LogP contribution in [-0.2, 0) is 4.79 Å². The summed E-state index contributed by atoms with van der Waals surface area (Å²) in [6, 6.07) is 3.44. The van der Waals surface area contributed by atoms with Gasteiger partial charge in [-0.2, -0.15) is 0 Å². The minimum absolute atomic E-state index is 0.113. The number of carboxylic acid groups (broad SMARTS) is 1. The number of aromatic nitrogens is 1. The van der Waals surface area contributed by atoms with Crippen molar-refractivity contribution in [3.05, 3.63) is 22.2 Å². The van der Waals surface area contributed by atoms with E-state index in [-0.39, 0.29) is 6.42 Å². The Kier molecular flexibility index (Phi) is 4.14. The number of rotatable bonds is 4. The van der Waals surface area contributed by atoms with Crippen LogP contribution in [0, 0.1) is 0 Å². The molecule has 7 heteroatoms. The third-order valence-corrected chi connectivity index (χ3v) is 4.93. The fourth-order valence-corrected chi connectivity index (χ4v) is 3.81. The van der Waals surface area contributed by atoms with E-state index in [4.69, 9.17) is 28.3 Å². The highest BCUT2D eigenvalue weighted by Crippen LogP contribution is 2.37. The third-order valence-electron chi connectivity index (χ3n) is 1.97. The molecule has 0 bridgehead atoms. The molecule has 1 aromatic carbocycles. The monoisotopic (exact) mass is 307 g/mol. The Balaban J connectivity index is 2.23. The summed E-state index contributed by atoms with van der Waals surface area (Å²) in [4.78, 5) is 14.7. The lowest BCUT2D eigenvalue weighted by Gasteiger charge is -1.92. The third kappa shape index (κ3) is 3.04. The minimum Gasteiger partial charge on any atom is -0.481 e. The number of halogens is 2. The Morgan fingerprint density at radius 1 is 1.41 bits per heavy atom. The Hall–Kier alpha value is -0.490. The predicted molar refractivity (Wildman–Crippen MR) is 72.6 cm³/mol.